The van der Waals surface area contributed by atoms with Gasteiger partial charge >= 0.3 is 0 Å². The average molecular weight is 539 g/mol. The van der Waals surface area contributed by atoms with E-state index in [4.69, 9.17) is 4.74 Å². The Kier molecular flexibility index (Phi) is 9.38. The molecule has 1 saturated heterocycles. The number of nitrogens with zero attached hydrogens (tertiary/aromatic N) is 2. The van der Waals surface area contributed by atoms with Gasteiger partial charge in [0, 0.05) is 24.2 Å². The highest BCUT2D eigenvalue weighted by molar-refractivity contribution is 5.84. The molecule has 1 amide bonds. The molecule has 11 heteroatoms. The van der Waals surface area contributed by atoms with E-state index in [1.807, 2.05) is 29.2 Å². The van der Waals surface area contributed by atoms with Crippen molar-refractivity contribution in [3.8, 4) is 17.6 Å². The summed E-state index contributed by atoms with van der Waals surface area (Å²) in [6.07, 6.45) is -2.39. The highest BCUT2D eigenvalue weighted by Crippen LogP contribution is 2.25. The predicted molar refractivity (Wildman–Crippen MR) is 138 cm³/mol. The first-order valence-electron chi connectivity index (χ1n) is 12.3. The van der Waals surface area contributed by atoms with Crippen LogP contribution in [0.3, 0.4) is 0 Å². The molecule has 1 aliphatic rings. The molecule has 4 N–H and O–H groups in total. The number of aliphatic hydroxyl groups is 1. The number of ether oxygens (including phenoxy) is 1. The van der Waals surface area contributed by atoms with Crippen molar-refractivity contribution in [2.75, 3.05) is 32.8 Å². The Hall–Kier alpha value is -4.11. The standard InChI is InChI=1S/C28H28F2N4O5/c29-23(30)16-31-26(36)22(24-25(35)27(37)33-17-32-24)15-20-5-3-18(4-6-20)1-2-19-7-9-21(10-8-19)28(38)34-11-13-39-14-12-34/h3-10,17,22-23,28,35,38H,11-16H2,(H,31,36)(H,32,33,37). The number of morpholine rings is 1. The summed E-state index contributed by atoms with van der Waals surface area (Å²) >= 11 is 0. The molecule has 3 aromatic rings. The number of amides is 1. The molecule has 2 aromatic carbocycles. The Labute approximate surface area is 223 Å². The number of hydrogen-bond donors (Lipinski definition) is 4. The second kappa shape index (κ2) is 13.1. The minimum absolute atomic E-state index is 0.0136. The molecule has 0 spiro atoms. The monoisotopic (exact) mass is 538 g/mol. The maximum absolute atomic E-state index is 12.6. The third-order valence-electron chi connectivity index (χ3n) is 6.28. The van der Waals surface area contributed by atoms with Crippen molar-refractivity contribution in [2.45, 2.75) is 25.0 Å². The summed E-state index contributed by atoms with van der Waals surface area (Å²) in [6.45, 7) is 1.66. The van der Waals surface area contributed by atoms with E-state index in [1.54, 1.807) is 24.3 Å². The van der Waals surface area contributed by atoms with Crippen LogP contribution < -0.4 is 10.9 Å². The lowest BCUT2D eigenvalue weighted by Gasteiger charge is -2.31. The fourth-order valence-corrected chi connectivity index (χ4v) is 4.15. The number of H-pyrrole nitrogens is 1. The number of alkyl halides is 2. The van der Waals surface area contributed by atoms with Gasteiger partial charge < -0.3 is 25.3 Å². The van der Waals surface area contributed by atoms with Crippen LogP contribution in [0.4, 0.5) is 8.78 Å². The second-order valence-electron chi connectivity index (χ2n) is 8.95. The van der Waals surface area contributed by atoms with Gasteiger partial charge in [-0.15, -0.1) is 0 Å². The largest absolute Gasteiger partial charge is 0.502 e. The SMILES string of the molecule is O=C(NCC(F)F)C(Cc1ccc(C#Cc2ccc(C(O)N3CCOCC3)cc2)cc1)c1nc[nH]c(=O)c1O. The van der Waals surface area contributed by atoms with Gasteiger partial charge in [-0.2, -0.15) is 0 Å². The summed E-state index contributed by atoms with van der Waals surface area (Å²) in [5.74, 6) is 3.45. The highest BCUT2D eigenvalue weighted by Gasteiger charge is 2.27. The molecular weight excluding hydrogens is 510 g/mol. The van der Waals surface area contributed by atoms with E-state index in [2.05, 4.69) is 27.1 Å². The smallest absolute Gasteiger partial charge is 0.293 e. The van der Waals surface area contributed by atoms with Crippen LogP contribution in [0, 0.1) is 11.8 Å². The van der Waals surface area contributed by atoms with Crippen LogP contribution in [0.25, 0.3) is 0 Å². The van der Waals surface area contributed by atoms with Crippen LogP contribution in [-0.4, -0.2) is 70.3 Å². The quantitative estimate of drug-likeness (QED) is 0.323. The van der Waals surface area contributed by atoms with Crippen molar-refractivity contribution < 1.29 is 28.5 Å². The number of benzene rings is 2. The van der Waals surface area contributed by atoms with Crippen LogP contribution in [0.15, 0.2) is 59.7 Å². The number of hydrogen-bond acceptors (Lipinski definition) is 7. The maximum Gasteiger partial charge on any atom is 0.293 e. The molecular formula is C28H28F2N4O5. The van der Waals surface area contributed by atoms with Gasteiger partial charge in [-0.3, -0.25) is 14.5 Å². The Balaban J connectivity index is 1.44. The Morgan fingerprint density at radius 2 is 1.69 bits per heavy atom. The molecule has 39 heavy (non-hydrogen) atoms. The first-order chi connectivity index (χ1) is 18.8. The number of nitrogens with one attached hydrogen (secondary N) is 2. The van der Waals surface area contributed by atoms with E-state index in [0.717, 1.165) is 17.5 Å². The van der Waals surface area contributed by atoms with Crippen LogP contribution in [0.2, 0.25) is 0 Å². The minimum atomic E-state index is -2.75. The number of halogens is 2. The lowest BCUT2D eigenvalue weighted by atomic mass is 9.94. The summed E-state index contributed by atoms with van der Waals surface area (Å²) < 4.78 is 30.6. The van der Waals surface area contributed by atoms with Crippen LogP contribution >= 0.6 is 0 Å². The van der Waals surface area contributed by atoms with Crippen LogP contribution in [0.1, 0.15) is 40.1 Å². The zero-order valence-corrected chi connectivity index (χ0v) is 20.9. The third-order valence-corrected chi connectivity index (χ3v) is 6.28. The van der Waals surface area contributed by atoms with E-state index in [9.17, 15) is 28.6 Å². The van der Waals surface area contributed by atoms with E-state index in [-0.39, 0.29) is 12.1 Å². The van der Waals surface area contributed by atoms with E-state index < -0.39 is 42.3 Å². The van der Waals surface area contributed by atoms with Gasteiger partial charge in [0.25, 0.3) is 12.0 Å². The van der Waals surface area contributed by atoms with Crippen molar-refractivity contribution >= 4 is 5.91 Å². The Bertz CT molecular complexity index is 1380. The minimum Gasteiger partial charge on any atom is -0.502 e. The first-order valence-corrected chi connectivity index (χ1v) is 12.3. The molecule has 2 atom stereocenters. The molecule has 0 radical (unpaired) electrons. The van der Waals surface area contributed by atoms with Crippen molar-refractivity contribution in [1.82, 2.24) is 20.2 Å². The number of carbonyl (C=O) groups is 1. The Morgan fingerprint density at radius 1 is 1.08 bits per heavy atom. The summed E-state index contributed by atoms with van der Waals surface area (Å²) in [5, 5.41) is 22.8. The fourth-order valence-electron chi connectivity index (χ4n) is 4.15. The lowest BCUT2D eigenvalue weighted by molar-refractivity contribution is -0.123. The van der Waals surface area contributed by atoms with Crippen molar-refractivity contribution in [3.05, 3.63) is 93.2 Å². The normalized spacial score (nSPS) is 15.3. The van der Waals surface area contributed by atoms with Gasteiger partial charge in [-0.1, -0.05) is 36.1 Å². The van der Waals surface area contributed by atoms with Gasteiger partial charge in [-0.25, -0.2) is 13.8 Å². The van der Waals surface area contributed by atoms with Gasteiger partial charge in [-0.05, 0) is 41.8 Å². The van der Waals surface area contributed by atoms with Crippen molar-refractivity contribution in [1.29, 1.82) is 0 Å². The molecule has 1 aromatic heterocycles. The van der Waals surface area contributed by atoms with Gasteiger partial charge in [0.15, 0.2) is 0 Å². The van der Waals surface area contributed by atoms with Gasteiger partial charge in [0.1, 0.15) is 11.9 Å². The molecule has 1 aliphatic heterocycles. The molecule has 0 saturated carbocycles. The van der Waals surface area contributed by atoms with Crippen molar-refractivity contribution in [2.24, 2.45) is 0 Å². The number of aromatic amines is 1. The predicted octanol–water partition coefficient (Wildman–Crippen LogP) is 1.91. The number of carbonyl (C=O) groups excluding carboxylic acids is 1. The molecule has 4 rings (SSSR count). The van der Waals surface area contributed by atoms with E-state index >= 15 is 0 Å². The molecule has 0 aliphatic carbocycles. The maximum atomic E-state index is 12.6. The molecule has 2 heterocycles. The number of aromatic hydroxyl groups is 1. The van der Waals surface area contributed by atoms with E-state index in [1.165, 1.54) is 0 Å². The number of aliphatic hydroxyl groups excluding tert-OH is 1. The summed E-state index contributed by atoms with van der Waals surface area (Å²) in [6, 6.07) is 14.3. The van der Waals surface area contributed by atoms with Gasteiger partial charge in [0.2, 0.25) is 11.7 Å². The molecule has 204 valence electrons. The summed E-state index contributed by atoms with van der Waals surface area (Å²) in [7, 11) is 0. The Morgan fingerprint density at radius 3 is 2.31 bits per heavy atom. The molecule has 1 fully saturated rings. The molecule has 9 nitrogen and oxygen atoms in total. The van der Waals surface area contributed by atoms with E-state index in [0.29, 0.717) is 37.4 Å². The number of aromatic nitrogens is 2. The fraction of sp³-hybridized carbons (Fsp3) is 0.321. The summed E-state index contributed by atoms with van der Waals surface area (Å²) in [5.41, 5.74) is 1.87. The summed E-state index contributed by atoms with van der Waals surface area (Å²) in [4.78, 5) is 32.5. The van der Waals surface area contributed by atoms with Crippen LogP contribution in [-0.2, 0) is 16.0 Å². The first kappa shape index (κ1) is 27.9. The zero-order valence-electron chi connectivity index (χ0n) is 20.9. The van der Waals surface area contributed by atoms with Crippen LogP contribution in [0.5, 0.6) is 5.75 Å². The third kappa shape index (κ3) is 7.48. The topological polar surface area (TPSA) is 128 Å². The highest BCUT2D eigenvalue weighted by atomic mass is 19.3. The zero-order chi connectivity index (χ0) is 27.8. The van der Waals surface area contributed by atoms with Gasteiger partial charge in [0.05, 0.1) is 32.0 Å². The molecule has 0 bridgehead atoms. The lowest BCUT2D eigenvalue weighted by Crippen LogP contribution is -2.38. The second-order valence-corrected chi connectivity index (χ2v) is 8.95. The average Bonchev–Trinajstić information content (AvgIpc) is 2.96. The van der Waals surface area contributed by atoms with Crippen molar-refractivity contribution in [3.63, 3.8) is 0 Å². The molecule has 2 unspecified atom stereocenters. The number of rotatable bonds is 8.